The lowest BCUT2D eigenvalue weighted by Gasteiger charge is -2.36. The number of nitrogens with one attached hydrogen (secondary N) is 4. The molecule has 15 heteroatoms. The first-order valence-electron chi connectivity index (χ1n) is 16.3. The number of rotatable bonds is 27. The predicted molar refractivity (Wildman–Crippen MR) is 189 cm³/mol. The predicted octanol–water partition coefficient (Wildman–Crippen LogP) is 3.65. The minimum absolute atomic E-state index is 0.0310. The zero-order chi connectivity index (χ0) is 36.0. The van der Waals surface area contributed by atoms with Crippen LogP contribution in [0.5, 0.6) is 0 Å². The standard InChI is InChI=1S/C32H58Cl4N4O7/c1-21(12-37-28(41)24(4)8-33)15-45-18-32(40-31(44)27(7)11-36,19-46-16-22(2)13-38-29(42)25(5)9-34)20-47-17-23(3)14-39-30(43)26(6)10-35/h21-27H,8-20H2,1-7H3,(H,37,41)(H,38,42)(H,39,43)(H,40,44). The highest BCUT2D eigenvalue weighted by atomic mass is 35.5. The van der Waals surface area contributed by atoms with E-state index in [4.69, 9.17) is 60.6 Å². The summed E-state index contributed by atoms with van der Waals surface area (Å²) >= 11 is 23.4. The first kappa shape index (κ1) is 45.9. The molecule has 0 aromatic heterocycles. The maximum atomic E-state index is 13.2. The number of amides is 4. The summed E-state index contributed by atoms with van der Waals surface area (Å²) in [4.78, 5) is 49.6. The number of halogens is 4. The van der Waals surface area contributed by atoms with E-state index in [1.54, 1.807) is 27.7 Å². The molecule has 0 aliphatic rings. The van der Waals surface area contributed by atoms with Crippen molar-refractivity contribution < 1.29 is 33.4 Å². The molecule has 0 aromatic rings. The molecule has 0 saturated carbocycles. The molecule has 0 rings (SSSR count). The van der Waals surface area contributed by atoms with Gasteiger partial charge in [-0.25, -0.2) is 0 Å². The molecule has 0 bridgehead atoms. The van der Waals surface area contributed by atoms with Crippen molar-refractivity contribution in [3.8, 4) is 0 Å². The second kappa shape index (κ2) is 25.8. The van der Waals surface area contributed by atoms with Gasteiger partial charge < -0.3 is 35.5 Å². The molecular formula is C32H58Cl4N4O7. The topological polar surface area (TPSA) is 144 Å². The van der Waals surface area contributed by atoms with Crippen molar-refractivity contribution in [2.24, 2.45) is 41.4 Å². The number of carbonyl (C=O) groups excluding carboxylic acids is 4. The molecule has 7 unspecified atom stereocenters. The monoisotopic (exact) mass is 750 g/mol. The Hall–Kier alpha value is -1.08. The van der Waals surface area contributed by atoms with Gasteiger partial charge in [0.25, 0.3) is 0 Å². The fourth-order valence-electron chi connectivity index (χ4n) is 3.79. The van der Waals surface area contributed by atoms with Crippen LogP contribution < -0.4 is 21.3 Å². The van der Waals surface area contributed by atoms with Gasteiger partial charge >= 0.3 is 0 Å². The molecule has 7 atom stereocenters. The average Bonchev–Trinajstić information content (AvgIpc) is 3.06. The van der Waals surface area contributed by atoms with E-state index in [1.807, 2.05) is 20.8 Å². The van der Waals surface area contributed by atoms with Gasteiger partial charge in [0, 0.05) is 66.8 Å². The van der Waals surface area contributed by atoms with E-state index in [-0.39, 0.29) is 102 Å². The maximum absolute atomic E-state index is 13.2. The van der Waals surface area contributed by atoms with Crippen molar-refractivity contribution in [2.45, 2.75) is 54.0 Å². The van der Waals surface area contributed by atoms with Gasteiger partial charge in [0.1, 0.15) is 5.54 Å². The molecule has 47 heavy (non-hydrogen) atoms. The van der Waals surface area contributed by atoms with E-state index in [1.165, 1.54) is 0 Å². The zero-order valence-corrected chi connectivity index (χ0v) is 32.1. The molecule has 0 heterocycles. The number of alkyl halides is 4. The molecule has 0 spiro atoms. The molecule has 0 radical (unpaired) electrons. The van der Waals surface area contributed by atoms with Crippen molar-refractivity contribution in [3.05, 3.63) is 0 Å². The summed E-state index contributed by atoms with van der Waals surface area (Å²) < 4.78 is 18.4. The summed E-state index contributed by atoms with van der Waals surface area (Å²) in [5, 5.41) is 11.7. The van der Waals surface area contributed by atoms with E-state index in [0.29, 0.717) is 39.5 Å². The molecule has 11 nitrogen and oxygen atoms in total. The molecule has 0 saturated heterocycles. The lowest BCUT2D eigenvalue weighted by molar-refractivity contribution is -0.131. The molecule has 0 aliphatic heterocycles. The lowest BCUT2D eigenvalue weighted by atomic mass is 10.0. The summed E-state index contributed by atoms with van der Waals surface area (Å²) in [6.45, 7) is 15.0. The minimum atomic E-state index is -1.08. The Labute approximate surface area is 301 Å². The van der Waals surface area contributed by atoms with Crippen LogP contribution >= 0.6 is 46.4 Å². The third-order valence-corrected chi connectivity index (χ3v) is 9.17. The Kier molecular flexibility index (Phi) is 25.2. The number of carbonyl (C=O) groups is 4. The van der Waals surface area contributed by atoms with E-state index in [0.717, 1.165) is 0 Å². The summed E-state index contributed by atoms with van der Waals surface area (Å²) in [5.41, 5.74) is -1.08. The Morgan fingerprint density at radius 2 is 0.745 bits per heavy atom. The highest BCUT2D eigenvalue weighted by Crippen LogP contribution is 2.14. The smallest absolute Gasteiger partial charge is 0.224 e. The molecule has 4 N–H and O–H groups in total. The number of hydrogen-bond donors (Lipinski definition) is 4. The second-order valence-electron chi connectivity index (χ2n) is 13.1. The molecule has 0 aliphatic carbocycles. The maximum Gasteiger partial charge on any atom is 0.224 e. The zero-order valence-electron chi connectivity index (χ0n) is 29.1. The average molecular weight is 753 g/mol. The largest absolute Gasteiger partial charge is 0.378 e. The Bertz CT molecular complexity index is 828. The van der Waals surface area contributed by atoms with Gasteiger partial charge in [-0.1, -0.05) is 48.5 Å². The fourth-order valence-corrected chi connectivity index (χ4v) is 4.35. The van der Waals surface area contributed by atoms with Crippen LogP contribution in [0.25, 0.3) is 0 Å². The van der Waals surface area contributed by atoms with E-state index in [9.17, 15) is 19.2 Å². The van der Waals surface area contributed by atoms with Gasteiger partial charge in [-0.15, -0.1) is 46.4 Å². The van der Waals surface area contributed by atoms with Crippen molar-refractivity contribution >= 4 is 70.0 Å². The van der Waals surface area contributed by atoms with E-state index in [2.05, 4.69) is 21.3 Å². The van der Waals surface area contributed by atoms with Crippen molar-refractivity contribution in [2.75, 3.05) is 82.8 Å². The van der Waals surface area contributed by atoms with Crippen LogP contribution in [0.4, 0.5) is 0 Å². The van der Waals surface area contributed by atoms with Crippen LogP contribution in [-0.4, -0.2) is 112 Å². The summed E-state index contributed by atoms with van der Waals surface area (Å²) in [6.07, 6.45) is 0. The normalized spacial score (nSPS) is 17.3. The molecular weight excluding hydrogens is 694 g/mol. The molecule has 276 valence electrons. The van der Waals surface area contributed by atoms with E-state index >= 15 is 0 Å². The fraction of sp³-hybridized carbons (Fsp3) is 0.875. The molecule has 0 aromatic carbocycles. The number of hydrogen-bond acceptors (Lipinski definition) is 7. The van der Waals surface area contributed by atoms with Crippen molar-refractivity contribution in [3.63, 3.8) is 0 Å². The van der Waals surface area contributed by atoms with Gasteiger partial charge in [0.05, 0.1) is 39.6 Å². The van der Waals surface area contributed by atoms with Crippen LogP contribution in [0.15, 0.2) is 0 Å². The third-order valence-electron chi connectivity index (χ3n) is 7.32. The summed E-state index contributed by atoms with van der Waals surface area (Å²) in [7, 11) is 0. The van der Waals surface area contributed by atoms with Gasteiger partial charge in [0.2, 0.25) is 23.6 Å². The summed E-state index contributed by atoms with van der Waals surface area (Å²) in [5.74, 6) is -1.33. The van der Waals surface area contributed by atoms with Crippen LogP contribution in [0.3, 0.4) is 0 Å². The lowest BCUT2D eigenvalue weighted by Crippen LogP contribution is -2.60. The first-order chi connectivity index (χ1) is 22.1. The van der Waals surface area contributed by atoms with Crippen molar-refractivity contribution in [1.82, 2.24) is 21.3 Å². The number of ether oxygens (including phenoxy) is 3. The highest BCUT2D eigenvalue weighted by molar-refractivity contribution is 6.20. The van der Waals surface area contributed by atoms with Crippen molar-refractivity contribution in [1.29, 1.82) is 0 Å². The van der Waals surface area contributed by atoms with Crippen LogP contribution in [0.1, 0.15) is 48.5 Å². The van der Waals surface area contributed by atoms with Gasteiger partial charge in [-0.3, -0.25) is 19.2 Å². The Balaban J connectivity index is 5.65. The van der Waals surface area contributed by atoms with Gasteiger partial charge in [-0.2, -0.15) is 0 Å². The first-order valence-corrected chi connectivity index (χ1v) is 18.4. The molecule has 4 amide bonds. The quantitative estimate of drug-likeness (QED) is 0.0939. The Morgan fingerprint density at radius 1 is 0.489 bits per heavy atom. The van der Waals surface area contributed by atoms with Crippen LogP contribution in [-0.2, 0) is 33.4 Å². The minimum Gasteiger partial charge on any atom is -0.378 e. The van der Waals surface area contributed by atoms with Crippen LogP contribution in [0.2, 0.25) is 0 Å². The SMILES string of the molecule is CC(CNC(=O)C(C)CCl)COCC(COCC(C)CNC(=O)C(C)CCl)(COCC(C)CNC(=O)C(C)CCl)NC(=O)C(C)CCl. The molecule has 0 fully saturated rings. The Morgan fingerprint density at radius 3 is 1.00 bits per heavy atom. The summed E-state index contributed by atoms with van der Waals surface area (Å²) in [6, 6.07) is 0. The highest BCUT2D eigenvalue weighted by Gasteiger charge is 2.35. The third kappa shape index (κ3) is 20.3. The van der Waals surface area contributed by atoms with E-state index < -0.39 is 11.5 Å². The second-order valence-corrected chi connectivity index (χ2v) is 14.3. The van der Waals surface area contributed by atoms with Gasteiger partial charge in [0.15, 0.2) is 0 Å². The van der Waals surface area contributed by atoms with Crippen LogP contribution in [0, 0.1) is 41.4 Å². The van der Waals surface area contributed by atoms with Gasteiger partial charge in [-0.05, 0) is 17.8 Å².